The van der Waals surface area contributed by atoms with Gasteiger partial charge in [-0.25, -0.2) is 0 Å². The van der Waals surface area contributed by atoms with Crippen molar-refractivity contribution in [2.75, 3.05) is 13.7 Å². The Morgan fingerprint density at radius 3 is 2.75 bits per heavy atom. The number of aromatic nitrogens is 1. The summed E-state index contributed by atoms with van der Waals surface area (Å²) in [4.78, 5) is 17.3. The van der Waals surface area contributed by atoms with Crippen molar-refractivity contribution in [2.45, 2.75) is 19.6 Å². The summed E-state index contributed by atoms with van der Waals surface area (Å²) in [6.45, 7) is 2.65. The van der Waals surface area contributed by atoms with E-state index < -0.39 is 23.2 Å². The Bertz CT molecular complexity index is 812. The molecule has 1 amide bonds. The number of benzene rings is 1. The molecule has 0 N–H and O–H groups in total. The van der Waals surface area contributed by atoms with Gasteiger partial charge in [0.15, 0.2) is 4.80 Å². The first-order valence-electron chi connectivity index (χ1n) is 6.84. The number of hydrogen-bond acceptors (Lipinski definition) is 3. The smallest absolute Gasteiger partial charge is 0.383 e. The molecule has 0 aliphatic heterocycles. The van der Waals surface area contributed by atoms with Gasteiger partial charge < -0.3 is 9.30 Å². The van der Waals surface area contributed by atoms with E-state index in [1.807, 2.05) is 6.92 Å². The van der Waals surface area contributed by atoms with Gasteiger partial charge in [0.1, 0.15) is 0 Å². The van der Waals surface area contributed by atoms with Crippen molar-refractivity contribution in [1.82, 2.24) is 4.57 Å². The van der Waals surface area contributed by atoms with E-state index in [0.29, 0.717) is 18.0 Å². The molecule has 0 fully saturated rings. The molecule has 2 aromatic rings. The van der Waals surface area contributed by atoms with Crippen LogP contribution in [-0.2, 0) is 17.5 Å². The molecule has 0 aliphatic carbocycles. The van der Waals surface area contributed by atoms with Crippen molar-refractivity contribution in [2.24, 2.45) is 4.99 Å². The second-order valence-electron chi connectivity index (χ2n) is 4.92. The monoisotopic (exact) mass is 378 g/mol. The Morgan fingerprint density at radius 1 is 1.42 bits per heavy atom. The first-order chi connectivity index (χ1) is 11.2. The van der Waals surface area contributed by atoms with E-state index in [1.54, 1.807) is 10.8 Å². The molecular formula is C15H14ClF3N2O2S. The second kappa shape index (κ2) is 7.50. The number of carbonyl (C=O) groups is 1. The van der Waals surface area contributed by atoms with Gasteiger partial charge in [-0.15, -0.1) is 11.3 Å². The highest BCUT2D eigenvalue weighted by Crippen LogP contribution is 2.33. The molecule has 0 radical (unpaired) electrons. The van der Waals surface area contributed by atoms with Crippen LogP contribution < -0.4 is 4.80 Å². The topological polar surface area (TPSA) is 43.6 Å². The van der Waals surface area contributed by atoms with Gasteiger partial charge >= 0.3 is 6.18 Å². The predicted molar refractivity (Wildman–Crippen MR) is 85.3 cm³/mol. The number of hydrogen-bond donors (Lipinski definition) is 0. The molecule has 2 rings (SSSR count). The number of halogens is 4. The first kappa shape index (κ1) is 18.7. The van der Waals surface area contributed by atoms with Gasteiger partial charge in [-0.05, 0) is 25.1 Å². The molecule has 0 atom stereocenters. The van der Waals surface area contributed by atoms with Crippen LogP contribution in [0.1, 0.15) is 20.8 Å². The number of alkyl halides is 3. The van der Waals surface area contributed by atoms with Gasteiger partial charge in [-0.3, -0.25) is 4.79 Å². The zero-order valence-electron chi connectivity index (χ0n) is 12.9. The number of ether oxygens (including phenoxy) is 1. The van der Waals surface area contributed by atoms with Gasteiger partial charge in [0.2, 0.25) is 0 Å². The third-order valence-electron chi connectivity index (χ3n) is 3.09. The lowest BCUT2D eigenvalue weighted by molar-refractivity contribution is -0.137. The SMILES string of the molecule is COCCn1cc(C)sc1=NC(=O)c1cc(Cl)ccc1C(F)(F)F. The van der Waals surface area contributed by atoms with Crippen molar-refractivity contribution in [3.05, 3.63) is 50.2 Å². The Hall–Kier alpha value is -1.64. The summed E-state index contributed by atoms with van der Waals surface area (Å²) in [6, 6.07) is 2.86. The fourth-order valence-corrected chi connectivity index (χ4v) is 3.06. The number of thiazole rings is 1. The summed E-state index contributed by atoms with van der Waals surface area (Å²) < 4.78 is 45.9. The third-order valence-corrected chi connectivity index (χ3v) is 4.26. The van der Waals surface area contributed by atoms with Crippen LogP contribution in [0.3, 0.4) is 0 Å². The van der Waals surface area contributed by atoms with Crippen molar-refractivity contribution in [3.63, 3.8) is 0 Å². The molecule has 130 valence electrons. The maximum atomic E-state index is 13.1. The van der Waals surface area contributed by atoms with E-state index in [1.165, 1.54) is 18.4 Å². The average molecular weight is 379 g/mol. The van der Waals surface area contributed by atoms with Crippen LogP contribution in [0.15, 0.2) is 29.4 Å². The Balaban J connectivity index is 2.49. The molecule has 4 nitrogen and oxygen atoms in total. The third kappa shape index (κ3) is 4.46. The molecule has 0 aliphatic rings. The second-order valence-corrected chi connectivity index (χ2v) is 6.56. The minimum absolute atomic E-state index is 0.0381. The van der Waals surface area contributed by atoms with Gasteiger partial charge in [0.05, 0.1) is 17.7 Å². The minimum Gasteiger partial charge on any atom is -0.383 e. The number of methoxy groups -OCH3 is 1. The van der Waals surface area contributed by atoms with E-state index in [4.69, 9.17) is 16.3 Å². The first-order valence-corrected chi connectivity index (χ1v) is 8.03. The fraction of sp³-hybridized carbons (Fsp3) is 0.333. The van der Waals surface area contributed by atoms with Crippen LogP contribution in [-0.4, -0.2) is 24.2 Å². The van der Waals surface area contributed by atoms with Crippen LogP contribution in [0.5, 0.6) is 0 Å². The van der Waals surface area contributed by atoms with E-state index in [9.17, 15) is 18.0 Å². The highest BCUT2D eigenvalue weighted by Gasteiger charge is 2.35. The van der Waals surface area contributed by atoms with Gasteiger partial charge in [-0.1, -0.05) is 11.6 Å². The molecule has 1 heterocycles. The Kier molecular flexibility index (Phi) is 5.84. The lowest BCUT2D eigenvalue weighted by atomic mass is 10.1. The van der Waals surface area contributed by atoms with E-state index in [2.05, 4.69) is 4.99 Å². The number of aryl methyl sites for hydroxylation is 1. The van der Waals surface area contributed by atoms with Gasteiger partial charge in [-0.2, -0.15) is 18.2 Å². The maximum absolute atomic E-state index is 13.1. The van der Waals surface area contributed by atoms with Crippen LogP contribution in [0.25, 0.3) is 0 Å². The van der Waals surface area contributed by atoms with E-state index in [-0.39, 0.29) is 5.02 Å². The van der Waals surface area contributed by atoms with E-state index >= 15 is 0 Å². The van der Waals surface area contributed by atoms with Crippen molar-refractivity contribution in [3.8, 4) is 0 Å². The van der Waals surface area contributed by atoms with Crippen LogP contribution in [0.4, 0.5) is 13.2 Å². The summed E-state index contributed by atoms with van der Waals surface area (Å²) in [5.74, 6) is -0.988. The van der Waals surface area contributed by atoms with Gasteiger partial charge in [0, 0.05) is 29.8 Å². The summed E-state index contributed by atoms with van der Waals surface area (Å²) in [7, 11) is 1.53. The lowest BCUT2D eigenvalue weighted by Gasteiger charge is -2.10. The van der Waals surface area contributed by atoms with Crippen LogP contribution >= 0.6 is 22.9 Å². The lowest BCUT2D eigenvalue weighted by Crippen LogP contribution is -2.20. The maximum Gasteiger partial charge on any atom is 0.417 e. The number of nitrogens with zero attached hydrogens (tertiary/aromatic N) is 2. The normalized spacial score (nSPS) is 12.7. The number of carbonyl (C=O) groups excluding carboxylic acids is 1. The molecular weight excluding hydrogens is 365 g/mol. The van der Waals surface area contributed by atoms with Crippen molar-refractivity contribution in [1.29, 1.82) is 0 Å². The summed E-state index contributed by atoms with van der Waals surface area (Å²) in [6.07, 6.45) is -2.90. The molecule has 0 saturated heterocycles. The van der Waals surface area contributed by atoms with Crippen LogP contribution in [0.2, 0.25) is 5.02 Å². The van der Waals surface area contributed by atoms with Crippen molar-refractivity contribution >= 4 is 28.8 Å². The zero-order chi connectivity index (χ0) is 17.9. The fourth-order valence-electron chi connectivity index (χ4n) is 2.03. The van der Waals surface area contributed by atoms with Gasteiger partial charge in [0.25, 0.3) is 5.91 Å². The molecule has 0 saturated carbocycles. The zero-order valence-corrected chi connectivity index (χ0v) is 14.4. The number of rotatable bonds is 4. The average Bonchev–Trinajstić information content (AvgIpc) is 2.83. The summed E-state index contributed by atoms with van der Waals surface area (Å²) in [5.41, 5.74) is -1.63. The quantitative estimate of drug-likeness (QED) is 0.809. The molecule has 1 aromatic carbocycles. The molecule has 24 heavy (non-hydrogen) atoms. The Labute approximate surface area is 145 Å². The minimum atomic E-state index is -4.66. The largest absolute Gasteiger partial charge is 0.417 e. The highest BCUT2D eigenvalue weighted by molar-refractivity contribution is 7.09. The summed E-state index contributed by atoms with van der Waals surface area (Å²) >= 11 is 6.95. The molecule has 9 heteroatoms. The highest BCUT2D eigenvalue weighted by atomic mass is 35.5. The van der Waals surface area contributed by atoms with Crippen LogP contribution in [0, 0.1) is 6.92 Å². The number of amides is 1. The predicted octanol–water partition coefficient (Wildman–Crippen LogP) is 3.92. The Morgan fingerprint density at radius 2 is 2.12 bits per heavy atom. The molecule has 0 bridgehead atoms. The molecule has 0 unspecified atom stereocenters. The molecule has 0 spiro atoms. The molecule has 1 aromatic heterocycles. The van der Waals surface area contributed by atoms with E-state index in [0.717, 1.165) is 23.1 Å². The standard InChI is InChI=1S/C15H14ClF3N2O2S/c1-9-8-21(5-6-23-2)14(24-9)20-13(22)11-7-10(16)3-4-12(11)15(17,18)19/h3-4,7-8H,5-6H2,1-2H3. The van der Waals surface area contributed by atoms with Crippen molar-refractivity contribution < 1.29 is 22.7 Å². The summed E-state index contributed by atoms with van der Waals surface area (Å²) in [5, 5.41) is 0.0381.